The summed E-state index contributed by atoms with van der Waals surface area (Å²) in [5.74, 6) is -1.79. The monoisotopic (exact) mass is 452 g/mol. The third-order valence-corrected chi connectivity index (χ3v) is 6.07. The van der Waals surface area contributed by atoms with Gasteiger partial charge in [-0.25, -0.2) is 0 Å². The third kappa shape index (κ3) is 4.62. The summed E-state index contributed by atoms with van der Waals surface area (Å²) in [4.78, 5) is 40.4. The van der Waals surface area contributed by atoms with Crippen LogP contribution in [0.3, 0.4) is 0 Å². The van der Waals surface area contributed by atoms with E-state index in [-0.39, 0.29) is 42.4 Å². The lowest BCUT2D eigenvalue weighted by Crippen LogP contribution is -2.52. The molecule has 2 aromatic rings. The number of rotatable bonds is 6. The van der Waals surface area contributed by atoms with Crippen LogP contribution in [0, 0.1) is 0 Å². The van der Waals surface area contributed by atoms with Crippen molar-refractivity contribution in [3.05, 3.63) is 64.7 Å². The average molecular weight is 453 g/mol. The molecule has 2 fully saturated rings. The third-order valence-electron chi connectivity index (χ3n) is 6.07. The number of carbonyl (C=O) groups excluding carboxylic acids is 3. The van der Waals surface area contributed by atoms with Gasteiger partial charge in [0.15, 0.2) is 0 Å². The highest BCUT2D eigenvalue weighted by Gasteiger charge is 2.40. The van der Waals surface area contributed by atoms with Gasteiger partial charge in [0.05, 0.1) is 23.8 Å². The molecule has 5 rings (SSSR count). The number of amides is 3. The quantitative estimate of drug-likeness (QED) is 0.674. The van der Waals surface area contributed by atoms with Gasteiger partial charge in [0, 0.05) is 37.2 Å². The molecule has 3 amide bonds. The van der Waals surface area contributed by atoms with Crippen molar-refractivity contribution in [1.82, 2.24) is 15.1 Å². The molecule has 172 valence electrons. The zero-order valence-corrected chi connectivity index (χ0v) is 18.1. The number of benzene rings is 2. The number of piperidine rings is 1. The van der Waals surface area contributed by atoms with E-state index in [4.69, 9.17) is 13.6 Å². The molecule has 0 bridgehead atoms. The predicted octanol–water partition coefficient (Wildman–Crippen LogP) is 1.86. The molecule has 0 spiro atoms. The number of morpholine rings is 1. The Morgan fingerprint density at radius 2 is 1.88 bits per heavy atom. The number of nitrogens with zero attached hydrogens (tertiary/aromatic N) is 2. The lowest BCUT2D eigenvalue weighted by Gasteiger charge is -2.29. The second-order valence-electron chi connectivity index (χ2n) is 8.34. The van der Waals surface area contributed by atoms with Crippen LogP contribution in [0.15, 0.2) is 42.4 Å². The fraction of sp³-hybridized carbons (Fsp3) is 0.400. The van der Waals surface area contributed by atoms with Crippen molar-refractivity contribution >= 4 is 17.7 Å². The Kier molecular flexibility index (Phi) is 5.15. The lowest BCUT2D eigenvalue weighted by molar-refractivity contribution is -0.136. The first-order valence-electron chi connectivity index (χ1n) is 12.6. The van der Waals surface area contributed by atoms with E-state index in [1.54, 1.807) is 0 Å². The SMILES string of the molecule is [2H]c1ccc(OCc2ccc(CN3CCOCC3)cc2)c2c1C(=O)N(C1CCC(=O)NC1=O)C2([2H])[2H]. The largest absolute Gasteiger partial charge is 0.489 e. The lowest BCUT2D eigenvalue weighted by atomic mass is 10.0. The highest BCUT2D eigenvalue weighted by Crippen LogP contribution is 2.34. The van der Waals surface area contributed by atoms with Gasteiger partial charge >= 0.3 is 0 Å². The van der Waals surface area contributed by atoms with Crippen LogP contribution in [-0.4, -0.2) is 59.9 Å². The number of nitrogens with one attached hydrogen (secondary N) is 1. The van der Waals surface area contributed by atoms with Crippen molar-refractivity contribution in [2.45, 2.75) is 38.5 Å². The van der Waals surface area contributed by atoms with E-state index in [2.05, 4.69) is 10.2 Å². The molecule has 2 saturated heterocycles. The molecule has 3 aliphatic rings. The van der Waals surface area contributed by atoms with E-state index >= 15 is 0 Å². The molecule has 1 N–H and O–H groups in total. The molecule has 1 unspecified atom stereocenters. The number of ether oxygens (including phenoxy) is 2. The number of hydrogen-bond acceptors (Lipinski definition) is 6. The van der Waals surface area contributed by atoms with Gasteiger partial charge in [-0.1, -0.05) is 30.3 Å². The summed E-state index contributed by atoms with van der Waals surface area (Å²) in [5, 5.41) is 2.17. The highest BCUT2D eigenvalue weighted by atomic mass is 16.5. The van der Waals surface area contributed by atoms with Gasteiger partial charge in [-0.05, 0) is 29.7 Å². The van der Waals surface area contributed by atoms with E-state index in [9.17, 15) is 14.4 Å². The Morgan fingerprint density at radius 3 is 2.64 bits per heavy atom. The summed E-state index contributed by atoms with van der Waals surface area (Å²) in [7, 11) is 0. The summed E-state index contributed by atoms with van der Waals surface area (Å²) >= 11 is 0. The standard InChI is InChI=1S/C25H27N3O5/c29-23-9-8-21(24(30)26-23)28-15-20-19(25(28)31)2-1-3-22(20)33-16-18-6-4-17(5-7-18)14-27-10-12-32-13-11-27/h1-7,21H,8-16H2,(H,26,29,30)/i2D,15D2. The van der Waals surface area contributed by atoms with Crippen molar-refractivity contribution in [3.63, 3.8) is 0 Å². The zero-order chi connectivity index (χ0) is 25.4. The average Bonchev–Trinajstić information content (AvgIpc) is 3.07. The van der Waals surface area contributed by atoms with Crippen molar-refractivity contribution in [1.29, 1.82) is 0 Å². The van der Waals surface area contributed by atoms with Gasteiger partial charge in [-0.3, -0.25) is 24.6 Å². The van der Waals surface area contributed by atoms with Crippen LogP contribution in [0.25, 0.3) is 0 Å². The van der Waals surface area contributed by atoms with Crippen LogP contribution in [0.5, 0.6) is 5.75 Å². The van der Waals surface area contributed by atoms with Crippen LogP contribution in [-0.2, 0) is 34.0 Å². The summed E-state index contributed by atoms with van der Waals surface area (Å²) in [6.07, 6.45) is 0.0233. The first-order valence-corrected chi connectivity index (χ1v) is 11.1. The molecule has 3 aliphatic heterocycles. The van der Waals surface area contributed by atoms with Crippen LogP contribution in [0.2, 0.25) is 0 Å². The van der Waals surface area contributed by atoms with Gasteiger partial charge in [-0.15, -0.1) is 0 Å². The normalized spacial score (nSPS) is 24.0. The summed E-state index contributed by atoms with van der Waals surface area (Å²) in [6, 6.07) is 9.53. The molecule has 0 aliphatic carbocycles. The van der Waals surface area contributed by atoms with Gasteiger partial charge in [-0.2, -0.15) is 0 Å². The van der Waals surface area contributed by atoms with Crippen LogP contribution >= 0.6 is 0 Å². The first kappa shape index (κ1) is 18.2. The molecule has 3 heterocycles. The second-order valence-corrected chi connectivity index (χ2v) is 8.34. The maximum absolute atomic E-state index is 13.2. The topological polar surface area (TPSA) is 88.2 Å². The minimum Gasteiger partial charge on any atom is -0.489 e. The van der Waals surface area contributed by atoms with E-state index in [1.165, 1.54) is 17.7 Å². The van der Waals surface area contributed by atoms with Crippen LogP contribution in [0.1, 0.15) is 44.0 Å². The van der Waals surface area contributed by atoms with Gasteiger partial charge in [0.1, 0.15) is 18.4 Å². The van der Waals surface area contributed by atoms with Crippen molar-refractivity contribution in [2.75, 3.05) is 26.3 Å². The first-order chi connectivity index (χ1) is 17.3. The molecule has 0 saturated carbocycles. The van der Waals surface area contributed by atoms with E-state index < -0.39 is 30.3 Å². The van der Waals surface area contributed by atoms with Crippen molar-refractivity contribution in [2.24, 2.45) is 0 Å². The Balaban J connectivity index is 1.34. The number of imide groups is 1. The van der Waals surface area contributed by atoms with Gasteiger partial charge < -0.3 is 14.4 Å². The Morgan fingerprint density at radius 1 is 1.12 bits per heavy atom. The number of hydrogen-bond donors (Lipinski definition) is 1. The Hall–Kier alpha value is -3.23. The summed E-state index contributed by atoms with van der Waals surface area (Å²) in [6.45, 7) is 1.88. The van der Waals surface area contributed by atoms with Gasteiger partial charge in [0.2, 0.25) is 11.8 Å². The fourth-order valence-corrected chi connectivity index (χ4v) is 4.24. The predicted molar refractivity (Wildman–Crippen MR) is 119 cm³/mol. The minimum atomic E-state index is -2.39. The second kappa shape index (κ2) is 9.33. The number of fused-ring (bicyclic) bond motifs is 1. The fourth-order valence-electron chi connectivity index (χ4n) is 4.24. The molecule has 33 heavy (non-hydrogen) atoms. The minimum absolute atomic E-state index is 0.00519. The van der Waals surface area contributed by atoms with E-state index in [0.29, 0.717) is 0 Å². The van der Waals surface area contributed by atoms with E-state index in [0.717, 1.165) is 43.3 Å². The van der Waals surface area contributed by atoms with Gasteiger partial charge in [0.25, 0.3) is 5.91 Å². The molecule has 2 aromatic carbocycles. The maximum Gasteiger partial charge on any atom is 0.255 e. The van der Waals surface area contributed by atoms with E-state index in [1.807, 2.05) is 24.3 Å². The molecule has 8 heteroatoms. The number of carbonyl (C=O) groups is 3. The summed E-state index contributed by atoms with van der Waals surface area (Å²) < 4.78 is 37.0. The molecular weight excluding hydrogens is 422 g/mol. The van der Waals surface area contributed by atoms with Crippen molar-refractivity contribution in [3.8, 4) is 5.75 Å². The highest BCUT2D eigenvalue weighted by molar-refractivity contribution is 6.05. The summed E-state index contributed by atoms with van der Waals surface area (Å²) in [5.41, 5.74) is 1.86. The smallest absolute Gasteiger partial charge is 0.255 e. The zero-order valence-electron chi connectivity index (χ0n) is 21.1. The Labute approximate surface area is 196 Å². The van der Waals surface area contributed by atoms with Crippen LogP contribution in [0.4, 0.5) is 0 Å². The molecule has 0 aromatic heterocycles. The van der Waals surface area contributed by atoms with Crippen LogP contribution < -0.4 is 10.1 Å². The Bertz CT molecular complexity index is 1200. The maximum atomic E-state index is 13.2. The molecule has 8 nitrogen and oxygen atoms in total. The molecule has 0 radical (unpaired) electrons. The van der Waals surface area contributed by atoms with Crippen molar-refractivity contribution < 1.29 is 28.0 Å². The molecule has 1 atom stereocenters. The molecular formula is C25H27N3O5.